The highest BCUT2D eigenvalue weighted by atomic mass is 32.2. The fraction of sp³-hybridized carbons (Fsp3) is 0.650. The Morgan fingerprint density at radius 3 is 2.71 bits per heavy atom. The molecule has 3 aliphatic rings. The third kappa shape index (κ3) is 3.88. The van der Waals surface area contributed by atoms with Crippen LogP contribution in [0.4, 0.5) is 13.2 Å². The number of hydrogen-bond acceptors (Lipinski definition) is 6. The first-order valence-corrected chi connectivity index (χ1v) is 12.7. The SMILES string of the molecule is O=S1CC(n2cc(CN3CCC4(CC3)OCCc3c4sc(C(F)(F)F)c3CO)cn2)C1. The predicted octanol–water partition coefficient (Wildman–Crippen LogP) is 2.82. The van der Waals surface area contributed by atoms with Gasteiger partial charge >= 0.3 is 6.18 Å². The minimum absolute atomic E-state index is 0.0296. The Hall–Kier alpha value is -1.27. The van der Waals surface area contributed by atoms with E-state index in [-0.39, 0.29) is 11.6 Å². The Morgan fingerprint density at radius 2 is 2.06 bits per heavy atom. The fourth-order valence-corrected chi connectivity index (χ4v) is 7.33. The summed E-state index contributed by atoms with van der Waals surface area (Å²) in [5.74, 6) is 1.31. The van der Waals surface area contributed by atoms with Crippen LogP contribution in [0.5, 0.6) is 0 Å². The van der Waals surface area contributed by atoms with E-state index in [0.29, 0.717) is 60.9 Å². The summed E-state index contributed by atoms with van der Waals surface area (Å²) in [5, 5.41) is 14.0. The van der Waals surface area contributed by atoms with Gasteiger partial charge in [0.1, 0.15) is 10.5 Å². The molecule has 31 heavy (non-hydrogen) atoms. The van der Waals surface area contributed by atoms with Crippen molar-refractivity contribution in [1.82, 2.24) is 14.7 Å². The summed E-state index contributed by atoms with van der Waals surface area (Å²) in [6, 6.07) is 0.218. The molecule has 0 aromatic carbocycles. The molecule has 0 bridgehead atoms. The van der Waals surface area contributed by atoms with Crippen molar-refractivity contribution in [2.24, 2.45) is 0 Å². The molecule has 5 rings (SSSR count). The molecule has 2 aromatic heterocycles. The molecule has 0 saturated carbocycles. The number of likely N-dealkylation sites (tertiary alicyclic amines) is 1. The van der Waals surface area contributed by atoms with E-state index >= 15 is 0 Å². The van der Waals surface area contributed by atoms with Gasteiger partial charge in [-0.1, -0.05) is 0 Å². The van der Waals surface area contributed by atoms with Gasteiger partial charge in [0.25, 0.3) is 0 Å². The van der Waals surface area contributed by atoms with Crippen molar-refractivity contribution in [2.45, 2.75) is 50.2 Å². The van der Waals surface area contributed by atoms with Crippen LogP contribution in [0.2, 0.25) is 0 Å². The molecule has 2 aromatic rings. The van der Waals surface area contributed by atoms with Gasteiger partial charge in [0.2, 0.25) is 0 Å². The molecular weight excluding hydrogens is 451 g/mol. The summed E-state index contributed by atoms with van der Waals surface area (Å²) in [6.45, 7) is 1.93. The highest BCUT2D eigenvalue weighted by molar-refractivity contribution is 7.86. The van der Waals surface area contributed by atoms with E-state index in [9.17, 15) is 22.5 Å². The first-order chi connectivity index (χ1) is 14.8. The number of hydrogen-bond donors (Lipinski definition) is 1. The summed E-state index contributed by atoms with van der Waals surface area (Å²) in [6.07, 6.45) is 1.03. The van der Waals surface area contributed by atoms with E-state index < -0.39 is 34.1 Å². The van der Waals surface area contributed by atoms with Crippen LogP contribution in [-0.2, 0) is 46.9 Å². The lowest BCUT2D eigenvalue weighted by Gasteiger charge is -2.43. The zero-order valence-corrected chi connectivity index (χ0v) is 18.5. The normalized spacial score (nSPS) is 26.1. The largest absolute Gasteiger partial charge is 0.425 e. The molecule has 1 spiro atoms. The van der Waals surface area contributed by atoms with Gasteiger partial charge in [0.05, 0.1) is 25.5 Å². The van der Waals surface area contributed by atoms with Crippen LogP contribution in [-0.4, -0.2) is 55.2 Å². The number of ether oxygens (including phenoxy) is 1. The number of alkyl halides is 3. The van der Waals surface area contributed by atoms with Gasteiger partial charge < -0.3 is 9.84 Å². The summed E-state index contributed by atoms with van der Waals surface area (Å²) in [4.78, 5) is 2.24. The maximum absolute atomic E-state index is 13.5. The number of halogens is 3. The number of aromatic nitrogens is 2. The van der Waals surface area contributed by atoms with Gasteiger partial charge in [-0.2, -0.15) is 18.3 Å². The van der Waals surface area contributed by atoms with Gasteiger partial charge in [-0.25, -0.2) is 0 Å². The third-order valence-electron chi connectivity index (χ3n) is 6.53. The number of aliphatic hydroxyl groups excluding tert-OH is 1. The Morgan fingerprint density at radius 1 is 1.32 bits per heavy atom. The maximum Gasteiger partial charge on any atom is 0.425 e. The highest BCUT2D eigenvalue weighted by Gasteiger charge is 2.47. The van der Waals surface area contributed by atoms with E-state index in [4.69, 9.17) is 4.74 Å². The number of piperidine rings is 1. The standard InChI is InChI=1S/C20H24F3N3O3S2/c21-20(22,23)18-16(10-27)15-1-6-29-19(17(15)30-18)2-4-25(5-3-19)8-13-7-24-26(9-13)14-11-31(28)12-14/h7,9,14,27H,1-6,8,10-12H2. The first-order valence-electron chi connectivity index (χ1n) is 10.4. The van der Waals surface area contributed by atoms with Crippen LogP contribution < -0.4 is 0 Å². The molecular formula is C20H24F3N3O3S2. The van der Waals surface area contributed by atoms with Gasteiger partial charge in [0.15, 0.2) is 0 Å². The molecule has 0 aliphatic carbocycles. The minimum atomic E-state index is -4.46. The first kappa shape index (κ1) is 21.6. The summed E-state index contributed by atoms with van der Waals surface area (Å²) < 4.78 is 59.9. The van der Waals surface area contributed by atoms with E-state index in [0.717, 1.165) is 23.4 Å². The quantitative estimate of drug-likeness (QED) is 0.737. The van der Waals surface area contributed by atoms with Crippen molar-refractivity contribution in [3.05, 3.63) is 38.8 Å². The summed E-state index contributed by atoms with van der Waals surface area (Å²) in [5.41, 5.74) is 1.06. The topological polar surface area (TPSA) is 67.6 Å². The van der Waals surface area contributed by atoms with E-state index in [2.05, 4.69) is 10.00 Å². The molecule has 11 heteroatoms. The van der Waals surface area contributed by atoms with Crippen LogP contribution in [0, 0.1) is 0 Å². The lowest BCUT2D eigenvalue weighted by Crippen LogP contribution is -2.45. The summed E-state index contributed by atoms with van der Waals surface area (Å²) in [7, 11) is -0.721. The second-order valence-corrected chi connectivity index (χ2v) is 11.1. The third-order valence-corrected chi connectivity index (χ3v) is 9.55. The molecule has 5 heterocycles. The van der Waals surface area contributed by atoms with Gasteiger partial charge in [-0.3, -0.25) is 13.8 Å². The van der Waals surface area contributed by atoms with Crippen molar-refractivity contribution in [3.63, 3.8) is 0 Å². The average molecular weight is 476 g/mol. The van der Waals surface area contributed by atoms with Crippen molar-refractivity contribution in [2.75, 3.05) is 31.2 Å². The second-order valence-electron chi connectivity index (χ2n) is 8.50. The fourth-order valence-electron chi connectivity index (χ4n) is 4.84. The van der Waals surface area contributed by atoms with Crippen LogP contribution in [0.1, 0.15) is 45.3 Å². The zero-order valence-electron chi connectivity index (χ0n) is 16.9. The number of nitrogens with zero attached hydrogens (tertiary/aromatic N) is 3. The molecule has 2 fully saturated rings. The van der Waals surface area contributed by atoms with Gasteiger partial charge in [0, 0.05) is 64.1 Å². The molecule has 0 amide bonds. The van der Waals surface area contributed by atoms with Crippen LogP contribution in [0.15, 0.2) is 12.4 Å². The van der Waals surface area contributed by atoms with E-state index in [1.807, 2.05) is 17.1 Å². The average Bonchev–Trinajstić information content (AvgIpc) is 3.32. The summed E-state index contributed by atoms with van der Waals surface area (Å²) >= 11 is 0.753. The molecule has 1 N–H and O–H groups in total. The second kappa shape index (κ2) is 7.95. The highest BCUT2D eigenvalue weighted by Crippen LogP contribution is 2.50. The minimum Gasteiger partial charge on any atom is -0.392 e. The number of rotatable bonds is 4. The van der Waals surface area contributed by atoms with Crippen molar-refractivity contribution in [3.8, 4) is 0 Å². The molecule has 3 aliphatic heterocycles. The van der Waals surface area contributed by atoms with E-state index in [1.165, 1.54) is 0 Å². The Bertz CT molecular complexity index is 988. The molecule has 170 valence electrons. The molecule has 2 saturated heterocycles. The maximum atomic E-state index is 13.5. The predicted molar refractivity (Wildman–Crippen MR) is 110 cm³/mol. The Balaban J connectivity index is 1.29. The Kier molecular flexibility index (Phi) is 5.53. The zero-order chi connectivity index (χ0) is 21.8. The van der Waals surface area contributed by atoms with Crippen molar-refractivity contribution >= 4 is 22.1 Å². The number of thiophene rings is 1. The lowest BCUT2D eigenvalue weighted by molar-refractivity contribution is -0.135. The van der Waals surface area contributed by atoms with Crippen LogP contribution >= 0.6 is 11.3 Å². The lowest BCUT2D eigenvalue weighted by atomic mass is 9.84. The van der Waals surface area contributed by atoms with Crippen LogP contribution in [0.25, 0.3) is 0 Å². The molecule has 0 atom stereocenters. The van der Waals surface area contributed by atoms with E-state index in [1.54, 1.807) is 0 Å². The number of fused-ring (bicyclic) bond motifs is 2. The number of aliphatic hydroxyl groups is 1. The molecule has 6 nitrogen and oxygen atoms in total. The monoisotopic (exact) mass is 475 g/mol. The van der Waals surface area contributed by atoms with Crippen molar-refractivity contribution < 1.29 is 27.2 Å². The van der Waals surface area contributed by atoms with Gasteiger partial charge in [-0.05, 0) is 24.8 Å². The molecule has 0 radical (unpaired) electrons. The smallest absolute Gasteiger partial charge is 0.392 e. The Labute approximate surface area is 184 Å². The van der Waals surface area contributed by atoms with Crippen LogP contribution in [0.3, 0.4) is 0 Å². The van der Waals surface area contributed by atoms with Gasteiger partial charge in [-0.15, -0.1) is 11.3 Å². The van der Waals surface area contributed by atoms with Crippen molar-refractivity contribution in [1.29, 1.82) is 0 Å². The molecule has 0 unspecified atom stereocenters.